The van der Waals surface area contributed by atoms with Crippen molar-refractivity contribution in [2.75, 3.05) is 13.1 Å². The Morgan fingerprint density at radius 1 is 1.16 bits per heavy atom. The summed E-state index contributed by atoms with van der Waals surface area (Å²) in [5, 5.41) is 12.0. The van der Waals surface area contributed by atoms with Crippen LogP contribution in [0.15, 0.2) is 24.3 Å². The number of amides is 1. The molecule has 0 aliphatic heterocycles. The smallest absolute Gasteiger partial charge is 0.317 e. The SMILES string of the molecule is CCCCc1ccc(CC(=O)NC2CC(N(CC)CC(=O)O)C2)cc1. The summed E-state index contributed by atoms with van der Waals surface area (Å²) in [7, 11) is 0. The van der Waals surface area contributed by atoms with Gasteiger partial charge in [-0.25, -0.2) is 0 Å². The highest BCUT2D eigenvalue weighted by Gasteiger charge is 2.34. The molecule has 0 unspecified atom stereocenters. The van der Waals surface area contributed by atoms with E-state index in [1.165, 1.54) is 18.4 Å². The number of nitrogens with one attached hydrogen (secondary N) is 1. The number of nitrogens with zero attached hydrogens (tertiary/aromatic N) is 1. The molecule has 5 heteroatoms. The number of rotatable bonds is 10. The van der Waals surface area contributed by atoms with E-state index in [4.69, 9.17) is 5.11 Å². The zero-order chi connectivity index (χ0) is 18.2. The topological polar surface area (TPSA) is 69.6 Å². The van der Waals surface area contributed by atoms with E-state index in [9.17, 15) is 9.59 Å². The number of hydrogen-bond acceptors (Lipinski definition) is 3. The van der Waals surface area contributed by atoms with Gasteiger partial charge in [0, 0.05) is 12.1 Å². The van der Waals surface area contributed by atoms with Crippen molar-refractivity contribution in [2.24, 2.45) is 0 Å². The molecule has 0 heterocycles. The minimum Gasteiger partial charge on any atom is -0.480 e. The zero-order valence-electron chi connectivity index (χ0n) is 15.3. The highest BCUT2D eigenvalue weighted by Crippen LogP contribution is 2.25. The lowest BCUT2D eigenvalue weighted by atomic mass is 9.85. The molecule has 0 spiro atoms. The van der Waals surface area contributed by atoms with Crippen LogP contribution >= 0.6 is 0 Å². The first-order chi connectivity index (χ1) is 12.0. The number of carbonyl (C=O) groups excluding carboxylic acids is 1. The second kappa shape index (κ2) is 9.56. The first-order valence-electron chi connectivity index (χ1n) is 9.34. The molecular weight excluding hydrogens is 316 g/mol. The van der Waals surface area contributed by atoms with Gasteiger partial charge in [-0.05, 0) is 43.4 Å². The molecule has 1 amide bonds. The van der Waals surface area contributed by atoms with E-state index in [-0.39, 0.29) is 24.5 Å². The average molecular weight is 346 g/mol. The van der Waals surface area contributed by atoms with Gasteiger partial charge in [-0.3, -0.25) is 14.5 Å². The Hall–Kier alpha value is -1.88. The van der Waals surface area contributed by atoms with Crippen molar-refractivity contribution < 1.29 is 14.7 Å². The molecule has 0 atom stereocenters. The molecule has 25 heavy (non-hydrogen) atoms. The third kappa shape index (κ3) is 6.16. The maximum Gasteiger partial charge on any atom is 0.317 e. The standard InChI is InChI=1S/C20H30N2O3/c1-3-5-6-15-7-9-16(10-8-15)11-19(23)21-17-12-18(13-17)22(4-2)14-20(24)25/h7-10,17-18H,3-6,11-14H2,1-2H3,(H,21,23)(H,24,25). The summed E-state index contributed by atoms with van der Waals surface area (Å²) in [6.07, 6.45) is 5.55. The number of benzene rings is 1. The fourth-order valence-electron chi connectivity index (χ4n) is 3.35. The Morgan fingerprint density at radius 2 is 1.80 bits per heavy atom. The molecule has 1 saturated carbocycles. The van der Waals surface area contributed by atoms with Crippen LogP contribution in [0.5, 0.6) is 0 Å². The van der Waals surface area contributed by atoms with Gasteiger partial charge >= 0.3 is 5.97 Å². The lowest BCUT2D eigenvalue weighted by Gasteiger charge is -2.42. The molecule has 2 N–H and O–H groups in total. The number of unbranched alkanes of at least 4 members (excludes halogenated alkanes) is 1. The molecule has 1 fully saturated rings. The van der Waals surface area contributed by atoms with Gasteiger partial charge in [0.1, 0.15) is 0 Å². The van der Waals surface area contributed by atoms with Crippen molar-refractivity contribution >= 4 is 11.9 Å². The summed E-state index contributed by atoms with van der Waals surface area (Å²) in [6.45, 7) is 4.96. The Morgan fingerprint density at radius 3 is 2.36 bits per heavy atom. The minimum atomic E-state index is -0.795. The van der Waals surface area contributed by atoms with E-state index < -0.39 is 5.97 Å². The Balaban J connectivity index is 1.72. The lowest BCUT2D eigenvalue weighted by molar-refractivity contribution is -0.139. The Labute approximate surface area is 150 Å². The summed E-state index contributed by atoms with van der Waals surface area (Å²) in [5.74, 6) is -0.747. The first kappa shape index (κ1) is 19.4. The predicted octanol–water partition coefficient (Wildman–Crippen LogP) is 2.63. The summed E-state index contributed by atoms with van der Waals surface area (Å²) >= 11 is 0. The van der Waals surface area contributed by atoms with E-state index in [0.29, 0.717) is 6.42 Å². The molecule has 1 aromatic rings. The number of carboxylic acids is 1. The molecule has 0 saturated heterocycles. The Kier molecular flexibility index (Phi) is 7.44. The number of carboxylic acid groups (broad SMARTS) is 1. The third-order valence-corrected chi connectivity index (χ3v) is 4.95. The number of hydrogen-bond donors (Lipinski definition) is 2. The molecule has 1 aromatic carbocycles. The van der Waals surface area contributed by atoms with Crippen LogP contribution in [0.1, 0.15) is 50.7 Å². The molecule has 0 bridgehead atoms. The van der Waals surface area contributed by atoms with E-state index in [1.54, 1.807) is 0 Å². The van der Waals surface area contributed by atoms with Gasteiger partial charge in [-0.15, -0.1) is 0 Å². The van der Waals surface area contributed by atoms with Crippen LogP contribution in [-0.2, 0) is 22.4 Å². The zero-order valence-corrected chi connectivity index (χ0v) is 15.3. The fraction of sp³-hybridized carbons (Fsp3) is 0.600. The monoisotopic (exact) mass is 346 g/mol. The first-order valence-corrected chi connectivity index (χ1v) is 9.34. The van der Waals surface area contributed by atoms with Gasteiger partial charge in [0.2, 0.25) is 5.91 Å². The predicted molar refractivity (Wildman–Crippen MR) is 98.6 cm³/mol. The van der Waals surface area contributed by atoms with E-state index in [1.807, 2.05) is 24.0 Å². The summed E-state index contributed by atoms with van der Waals surface area (Å²) in [5.41, 5.74) is 2.36. The maximum atomic E-state index is 12.2. The lowest BCUT2D eigenvalue weighted by Crippen LogP contribution is -2.55. The molecule has 0 radical (unpaired) electrons. The van der Waals surface area contributed by atoms with Gasteiger partial charge < -0.3 is 10.4 Å². The van der Waals surface area contributed by atoms with Crippen molar-refractivity contribution in [1.29, 1.82) is 0 Å². The highest BCUT2D eigenvalue weighted by atomic mass is 16.4. The molecule has 138 valence electrons. The molecule has 0 aromatic heterocycles. The average Bonchev–Trinajstić information content (AvgIpc) is 2.55. The quantitative estimate of drug-likeness (QED) is 0.683. The van der Waals surface area contributed by atoms with Crippen molar-refractivity contribution in [3.63, 3.8) is 0 Å². The van der Waals surface area contributed by atoms with Crippen molar-refractivity contribution in [1.82, 2.24) is 10.2 Å². The highest BCUT2D eigenvalue weighted by molar-refractivity contribution is 5.79. The van der Waals surface area contributed by atoms with E-state index in [2.05, 4.69) is 24.4 Å². The van der Waals surface area contributed by atoms with Crippen LogP contribution in [-0.4, -0.2) is 47.1 Å². The third-order valence-electron chi connectivity index (χ3n) is 4.95. The molecular formula is C20H30N2O3. The van der Waals surface area contributed by atoms with E-state index in [0.717, 1.165) is 31.4 Å². The van der Waals surface area contributed by atoms with Crippen molar-refractivity contribution in [2.45, 2.75) is 64.5 Å². The van der Waals surface area contributed by atoms with Crippen LogP contribution in [0.3, 0.4) is 0 Å². The number of carbonyl (C=O) groups is 2. The summed E-state index contributed by atoms with van der Waals surface area (Å²) < 4.78 is 0. The van der Waals surface area contributed by atoms with Crippen molar-refractivity contribution in [3.05, 3.63) is 35.4 Å². The van der Waals surface area contributed by atoms with Gasteiger partial charge in [0.25, 0.3) is 0 Å². The summed E-state index contributed by atoms with van der Waals surface area (Å²) in [6, 6.07) is 8.75. The van der Waals surface area contributed by atoms with Gasteiger partial charge in [0.15, 0.2) is 0 Å². The Bertz CT molecular complexity index is 565. The molecule has 2 rings (SSSR count). The normalized spacial score (nSPS) is 19.5. The minimum absolute atomic E-state index is 0.0473. The largest absolute Gasteiger partial charge is 0.480 e. The van der Waals surface area contributed by atoms with Crippen LogP contribution in [0.25, 0.3) is 0 Å². The molecule has 5 nitrogen and oxygen atoms in total. The van der Waals surface area contributed by atoms with E-state index >= 15 is 0 Å². The van der Waals surface area contributed by atoms with Gasteiger partial charge in [-0.2, -0.15) is 0 Å². The second-order valence-corrected chi connectivity index (χ2v) is 6.94. The van der Waals surface area contributed by atoms with Crippen LogP contribution < -0.4 is 5.32 Å². The molecule has 1 aliphatic carbocycles. The number of aryl methyl sites for hydroxylation is 1. The van der Waals surface area contributed by atoms with Gasteiger partial charge in [-0.1, -0.05) is 44.5 Å². The molecule has 1 aliphatic rings. The van der Waals surface area contributed by atoms with Crippen LogP contribution in [0.2, 0.25) is 0 Å². The second-order valence-electron chi connectivity index (χ2n) is 6.94. The fourth-order valence-corrected chi connectivity index (χ4v) is 3.35. The number of likely N-dealkylation sites (N-methyl/N-ethyl adjacent to an activating group) is 1. The van der Waals surface area contributed by atoms with Gasteiger partial charge in [0.05, 0.1) is 13.0 Å². The van der Waals surface area contributed by atoms with Crippen molar-refractivity contribution in [3.8, 4) is 0 Å². The van der Waals surface area contributed by atoms with Crippen LogP contribution in [0, 0.1) is 0 Å². The maximum absolute atomic E-state index is 12.2. The summed E-state index contributed by atoms with van der Waals surface area (Å²) in [4.78, 5) is 25.0. The van der Waals surface area contributed by atoms with Crippen LogP contribution in [0.4, 0.5) is 0 Å². The number of aliphatic carboxylic acids is 1.